The molecule has 1 aliphatic rings. The van der Waals surface area contributed by atoms with Gasteiger partial charge in [0.05, 0.1) is 19.3 Å². The first-order chi connectivity index (χ1) is 18.1. The number of halogens is 1. The van der Waals surface area contributed by atoms with Gasteiger partial charge >= 0.3 is 6.09 Å². The Morgan fingerprint density at radius 1 is 1.32 bits per heavy atom. The molecule has 0 radical (unpaired) electrons. The van der Waals surface area contributed by atoms with Crippen LogP contribution in [0.2, 0.25) is 0 Å². The average Bonchev–Trinajstić information content (AvgIpc) is 3.21. The number of pyridine rings is 1. The van der Waals surface area contributed by atoms with E-state index in [1.165, 1.54) is 41.1 Å². The van der Waals surface area contributed by atoms with E-state index >= 15 is 0 Å². The number of rotatable bonds is 3. The fraction of sp³-hybridized carbons (Fsp3) is 0.280. The monoisotopic (exact) mass is 521 g/mol. The summed E-state index contributed by atoms with van der Waals surface area (Å²) in [5.41, 5.74) is 2.08. The maximum atomic E-state index is 14.2. The number of nitrogens with one attached hydrogen (secondary N) is 2. The van der Waals surface area contributed by atoms with Gasteiger partial charge in [-0.2, -0.15) is 10.4 Å². The summed E-state index contributed by atoms with van der Waals surface area (Å²) in [4.78, 5) is 42.9. The molecule has 2 N–H and O–H groups in total. The Morgan fingerprint density at radius 3 is 2.79 bits per heavy atom. The number of nitriles is 1. The molecule has 0 aliphatic carbocycles. The van der Waals surface area contributed by atoms with E-state index < -0.39 is 36.4 Å². The molecule has 2 aromatic heterocycles. The number of aromatic nitrogens is 3. The Kier molecular flexibility index (Phi) is 7.24. The van der Waals surface area contributed by atoms with Crippen molar-refractivity contribution in [2.75, 3.05) is 26.0 Å². The van der Waals surface area contributed by atoms with Gasteiger partial charge in [0, 0.05) is 42.5 Å². The number of anilines is 1. The molecule has 0 saturated carbocycles. The molecule has 0 saturated heterocycles. The second-order valence-electron chi connectivity index (χ2n) is 8.52. The van der Waals surface area contributed by atoms with Crippen LogP contribution in [0.5, 0.6) is 5.75 Å². The second-order valence-corrected chi connectivity index (χ2v) is 8.52. The molecule has 2 bridgehead atoms. The van der Waals surface area contributed by atoms with E-state index in [4.69, 9.17) is 4.74 Å². The number of benzene rings is 1. The summed E-state index contributed by atoms with van der Waals surface area (Å²) >= 11 is 0. The summed E-state index contributed by atoms with van der Waals surface area (Å²) in [6.07, 6.45) is -0.199. The highest BCUT2D eigenvalue weighted by Crippen LogP contribution is 2.36. The molecule has 0 spiro atoms. The van der Waals surface area contributed by atoms with Gasteiger partial charge in [-0.1, -0.05) is 0 Å². The van der Waals surface area contributed by atoms with Crippen molar-refractivity contribution in [1.82, 2.24) is 25.0 Å². The van der Waals surface area contributed by atoms with Crippen LogP contribution in [0.25, 0.3) is 11.1 Å². The van der Waals surface area contributed by atoms with Crippen molar-refractivity contribution in [2.45, 2.75) is 19.6 Å². The van der Waals surface area contributed by atoms with Crippen LogP contribution >= 0.6 is 0 Å². The number of methoxy groups -OCH3 is 1. The van der Waals surface area contributed by atoms with Crippen LogP contribution in [0.15, 0.2) is 30.5 Å². The number of carbonyl (C=O) groups excluding carboxylic acids is 3. The topological polar surface area (TPSA) is 151 Å². The summed E-state index contributed by atoms with van der Waals surface area (Å²) in [5, 5.41) is 19.1. The molecule has 3 amide bonds. The molecule has 3 aromatic rings. The highest BCUT2D eigenvalue weighted by Gasteiger charge is 2.27. The van der Waals surface area contributed by atoms with Gasteiger partial charge in [-0.15, -0.1) is 0 Å². The molecular weight excluding hydrogens is 497 g/mol. The molecule has 4 rings (SSSR count). The van der Waals surface area contributed by atoms with Crippen molar-refractivity contribution in [3.05, 3.63) is 58.8 Å². The van der Waals surface area contributed by atoms with Crippen molar-refractivity contribution in [3.63, 3.8) is 0 Å². The molecule has 1 aliphatic heterocycles. The number of hydrogen-bond acceptors (Lipinski definition) is 8. The van der Waals surface area contributed by atoms with Gasteiger partial charge in [-0.3, -0.25) is 14.3 Å². The minimum Gasteiger partial charge on any atom is -0.482 e. The number of aryl methyl sites for hydroxylation is 1. The number of hydrogen-bond donors (Lipinski definition) is 2. The number of alkyl carbamates (subject to hydrolysis) is 1. The van der Waals surface area contributed by atoms with Gasteiger partial charge in [0.15, 0.2) is 11.6 Å². The van der Waals surface area contributed by atoms with Crippen molar-refractivity contribution in [2.24, 2.45) is 7.05 Å². The van der Waals surface area contributed by atoms with E-state index in [1.54, 1.807) is 27.1 Å². The van der Waals surface area contributed by atoms with E-state index in [-0.39, 0.29) is 34.9 Å². The third-order valence-corrected chi connectivity index (χ3v) is 5.92. The van der Waals surface area contributed by atoms with E-state index in [2.05, 4.69) is 31.5 Å². The maximum absolute atomic E-state index is 14.2. The molecule has 0 unspecified atom stereocenters. The van der Waals surface area contributed by atoms with Gasteiger partial charge < -0.3 is 25.0 Å². The minimum absolute atomic E-state index is 0.0136. The first-order valence-corrected chi connectivity index (χ1v) is 11.4. The predicted octanol–water partition coefficient (Wildman–Crippen LogP) is 2.51. The summed E-state index contributed by atoms with van der Waals surface area (Å²) in [6, 6.07) is 7.49. The van der Waals surface area contributed by atoms with Gasteiger partial charge in [-0.25, -0.2) is 14.2 Å². The fourth-order valence-corrected chi connectivity index (χ4v) is 4.11. The first kappa shape index (κ1) is 26.1. The SMILES string of the molecule is COC(=O)NCC(=O)Nc1ncc2cc1O[C@H](C)c1cc(F)ccc1C(=O)N(C)Cc1nn(C)c(C#N)c1-2. The molecule has 196 valence electrons. The van der Waals surface area contributed by atoms with Crippen molar-refractivity contribution < 1.29 is 28.2 Å². The molecule has 1 aromatic carbocycles. The van der Waals surface area contributed by atoms with Crippen LogP contribution in [0.3, 0.4) is 0 Å². The van der Waals surface area contributed by atoms with E-state index in [9.17, 15) is 24.0 Å². The number of ether oxygens (including phenoxy) is 2. The normalized spacial score (nSPS) is 14.6. The number of fused-ring (bicyclic) bond motifs is 5. The smallest absolute Gasteiger partial charge is 0.407 e. The van der Waals surface area contributed by atoms with Crippen LogP contribution in [-0.2, 0) is 23.1 Å². The van der Waals surface area contributed by atoms with Crippen LogP contribution in [0.4, 0.5) is 15.0 Å². The van der Waals surface area contributed by atoms with Gasteiger partial charge in [0.2, 0.25) is 5.91 Å². The highest BCUT2D eigenvalue weighted by molar-refractivity contribution is 5.96. The molecule has 3 heterocycles. The average molecular weight is 522 g/mol. The van der Waals surface area contributed by atoms with Crippen LogP contribution < -0.4 is 15.4 Å². The van der Waals surface area contributed by atoms with E-state index in [1.807, 2.05) is 0 Å². The van der Waals surface area contributed by atoms with Crippen molar-refractivity contribution in [3.8, 4) is 22.9 Å². The standard InChI is InChI=1S/C25H24FN7O5/c1-13-17-8-15(26)5-6-16(17)24(35)32(2)12-18-22(19(9-27)33(3)31-18)14-7-20(38-13)23(28-10-14)30-21(34)11-29-25(36)37-4/h5-8,10,13H,11-12H2,1-4H3,(H,29,36)(H,28,30,34)/t13-/m1/s1. The van der Waals surface area contributed by atoms with Crippen molar-refractivity contribution >= 4 is 23.7 Å². The lowest BCUT2D eigenvalue weighted by Gasteiger charge is -2.24. The lowest BCUT2D eigenvalue weighted by atomic mass is 10.00. The Morgan fingerprint density at radius 2 is 2.08 bits per heavy atom. The fourth-order valence-electron chi connectivity index (χ4n) is 4.11. The molecule has 38 heavy (non-hydrogen) atoms. The zero-order chi connectivity index (χ0) is 27.6. The van der Waals surface area contributed by atoms with Gasteiger partial charge in [-0.05, 0) is 31.2 Å². The Bertz CT molecular complexity index is 1480. The third-order valence-electron chi connectivity index (χ3n) is 5.92. The summed E-state index contributed by atoms with van der Waals surface area (Å²) in [6.45, 7) is 1.29. The predicted molar refractivity (Wildman–Crippen MR) is 131 cm³/mol. The second kappa shape index (κ2) is 10.6. The summed E-state index contributed by atoms with van der Waals surface area (Å²) in [7, 11) is 4.36. The largest absolute Gasteiger partial charge is 0.482 e. The Hall–Kier alpha value is -4.99. The quantitative estimate of drug-likeness (QED) is 0.534. The zero-order valence-corrected chi connectivity index (χ0v) is 21.0. The van der Waals surface area contributed by atoms with E-state index in [0.717, 1.165) is 0 Å². The molecule has 0 fully saturated rings. The zero-order valence-electron chi connectivity index (χ0n) is 21.0. The maximum Gasteiger partial charge on any atom is 0.407 e. The molecule has 1 atom stereocenters. The van der Waals surface area contributed by atoms with Crippen molar-refractivity contribution in [1.29, 1.82) is 5.26 Å². The molecular formula is C25H24FN7O5. The van der Waals surface area contributed by atoms with Gasteiger partial charge in [0.25, 0.3) is 5.91 Å². The Labute approximate surface area is 217 Å². The van der Waals surface area contributed by atoms with E-state index in [0.29, 0.717) is 16.8 Å². The van der Waals surface area contributed by atoms with Crippen LogP contribution in [0.1, 0.15) is 40.3 Å². The summed E-state index contributed by atoms with van der Waals surface area (Å²) < 4.78 is 26.2. The van der Waals surface area contributed by atoms with Crippen LogP contribution in [-0.4, -0.2) is 58.3 Å². The number of amides is 3. The molecule has 12 nitrogen and oxygen atoms in total. The highest BCUT2D eigenvalue weighted by atomic mass is 19.1. The third kappa shape index (κ3) is 5.10. The lowest BCUT2D eigenvalue weighted by molar-refractivity contribution is -0.115. The summed E-state index contributed by atoms with van der Waals surface area (Å²) in [5.74, 6) is -1.45. The number of carbonyl (C=O) groups is 3. The first-order valence-electron chi connectivity index (χ1n) is 11.4. The lowest BCUT2D eigenvalue weighted by Crippen LogP contribution is -2.33. The minimum atomic E-state index is -0.845. The number of nitrogens with zero attached hydrogens (tertiary/aromatic N) is 5. The van der Waals surface area contributed by atoms with Gasteiger partial charge in [0.1, 0.15) is 30.2 Å². The Balaban J connectivity index is 1.86. The van der Waals surface area contributed by atoms with Crippen LogP contribution in [0, 0.1) is 17.1 Å². The molecule has 13 heteroatoms.